The van der Waals surface area contributed by atoms with Gasteiger partial charge in [0.1, 0.15) is 17.0 Å². The van der Waals surface area contributed by atoms with Crippen molar-refractivity contribution in [3.63, 3.8) is 0 Å². The predicted octanol–water partition coefficient (Wildman–Crippen LogP) is 6.12. The van der Waals surface area contributed by atoms with Gasteiger partial charge in [0.15, 0.2) is 17.3 Å². The number of anilines is 1. The van der Waals surface area contributed by atoms with Gasteiger partial charge in [-0.25, -0.2) is 14.2 Å². The number of alkyl halides is 6. The SMILES string of the molecule is [2H]C([2H])([2H])Oc1c(Oc2ccc(C(F)(F)F)c(F)c2C(=O)Nc2ccnc(C(=O)OC)c2)ccc(OC(F)(F)F)c1F. The summed E-state index contributed by atoms with van der Waals surface area (Å²) >= 11 is 0. The van der Waals surface area contributed by atoms with E-state index < -0.39 is 77.2 Å². The highest BCUT2D eigenvalue weighted by Gasteiger charge is 2.38. The number of halogens is 8. The summed E-state index contributed by atoms with van der Waals surface area (Å²) in [5.41, 5.74) is -4.06. The van der Waals surface area contributed by atoms with E-state index >= 15 is 4.39 Å². The lowest BCUT2D eigenvalue weighted by Gasteiger charge is -2.18. The number of carbonyl (C=O) groups is 2. The number of amides is 1. The average Bonchev–Trinajstić information content (AvgIpc) is 2.85. The van der Waals surface area contributed by atoms with Crippen molar-refractivity contribution in [1.29, 1.82) is 0 Å². The molecular formula is C23H14F8N2O6. The smallest absolute Gasteiger partial charge is 0.490 e. The van der Waals surface area contributed by atoms with Crippen LogP contribution in [-0.4, -0.2) is 37.4 Å². The van der Waals surface area contributed by atoms with E-state index in [9.17, 15) is 40.3 Å². The van der Waals surface area contributed by atoms with Gasteiger partial charge in [-0.1, -0.05) is 0 Å². The molecule has 1 aromatic heterocycles. The molecule has 208 valence electrons. The van der Waals surface area contributed by atoms with Crippen molar-refractivity contribution >= 4 is 17.6 Å². The Morgan fingerprint density at radius 2 is 1.62 bits per heavy atom. The molecule has 0 radical (unpaired) electrons. The van der Waals surface area contributed by atoms with E-state index in [0.29, 0.717) is 18.2 Å². The molecule has 0 fully saturated rings. The van der Waals surface area contributed by atoms with Crippen LogP contribution >= 0.6 is 0 Å². The van der Waals surface area contributed by atoms with E-state index in [-0.39, 0.29) is 17.4 Å². The monoisotopic (exact) mass is 569 g/mol. The van der Waals surface area contributed by atoms with Crippen LogP contribution < -0.4 is 19.5 Å². The molecule has 8 nitrogen and oxygen atoms in total. The van der Waals surface area contributed by atoms with Gasteiger partial charge >= 0.3 is 18.5 Å². The Bertz CT molecular complexity index is 1510. The Balaban J connectivity index is 2.15. The minimum atomic E-state index is -5.44. The number of nitrogens with one attached hydrogen (secondary N) is 1. The molecule has 0 spiro atoms. The van der Waals surface area contributed by atoms with Crippen molar-refractivity contribution in [1.82, 2.24) is 4.98 Å². The molecule has 39 heavy (non-hydrogen) atoms. The zero-order valence-corrected chi connectivity index (χ0v) is 19.0. The summed E-state index contributed by atoms with van der Waals surface area (Å²) in [7, 11) is -2.51. The molecule has 0 aliphatic carbocycles. The maximum Gasteiger partial charge on any atom is 0.573 e. The van der Waals surface area contributed by atoms with Crippen LogP contribution in [0.15, 0.2) is 42.6 Å². The number of benzene rings is 2. The molecule has 0 aliphatic heterocycles. The summed E-state index contributed by atoms with van der Waals surface area (Å²) in [6.07, 6.45) is -9.79. The third-order valence-electron chi connectivity index (χ3n) is 4.62. The van der Waals surface area contributed by atoms with Crippen LogP contribution in [0.3, 0.4) is 0 Å². The van der Waals surface area contributed by atoms with Gasteiger partial charge in [-0.15, -0.1) is 13.2 Å². The van der Waals surface area contributed by atoms with Crippen molar-refractivity contribution in [2.75, 3.05) is 19.5 Å². The van der Waals surface area contributed by atoms with Crippen molar-refractivity contribution in [2.45, 2.75) is 12.5 Å². The van der Waals surface area contributed by atoms with Crippen molar-refractivity contribution < 1.29 is 67.8 Å². The van der Waals surface area contributed by atoms with Crippen molar-refractivity contribution in [2.24, 2.45) is 0 Å². The second-order valence-corrected chi connectivity index (χ2v) is 7.13. The lowest BCUT2D eigenvalue weighted by atomic mass is 10.1. The van der Waals surface area contributed by atoms with Gasteiger partial charge in [-0.2, -0.15) is 17.6 Å². The molecule has 0 saturated heterocycles. The van der Waals surface area contributed by atoms with E-state index in [0.717, 1.165) is 25.4 Å². The first-order valence-electron chi connectivity index (χ1n) is 11.5. The van der Waals surface area contributed by atoms with Gasteiger partial charge in [0.25, 0.3) is 5.91 Å². The summed E-state index contributed by atoms with van der Waals surface area (Å²) in [4.78, 5) is 28.3. The molecule has 0 aliphatic rings. The average molecular weight is 569 g/mol. The Kier molecular flexibility index (Phi) is 6.97. The molecule has 0 unspecified atom stereocenters. The largest absolute Gasteiger partial charge is 0.573 e. The van der Waals surface area contributed by atoms with Crippen LogP contribution in [0.5, 0.6) is 23.0 Å². The van der Waals surface area contributed by atoms with Crippen LogP contribution in [0.1, 0.15) is 30.5 Å². The first-order valence-corrected chi connectivity index (χ1v) is 10.0. The molecular weight excluding hydrogens is 552 g/mol. The molecule has 1 amide bonds. The minimum absolute atomic E-state index is 0.130. The standard InChI is InChI=1S/C23H14F8N2O6/c1-36-19-15(6-5-14(18(19)25)39-23(29,30)31)38-13-4-3-11(22(26,27)28)17(24)16(13)20(34)33-10-7-8-32-12(9-10)21(35)37-2/h3-9H,1-2H3,(H,32,33,34)/i1D3. The number of carbonyl (C=O) groups excluding carboxylic acids is 2. The second kappa shape index (κ2) is 11.0. The highest BCUT2D eigenvalue weighted by Crippen LogP contribution is 2.42. The molecule has 2 aromatic carbocycles. The van der Waals surface area contributed by atoms with Crippen LogP contribution in [0, 0.1) is 11.6 Å². The normalized spacial score (nSPS) is 13.0. The fraction of sp³-hybridized carbons (Fsp3) is 0.174. The number of aromatic nitrogens is 1. The Morgan fingerprint density at radius 1 is 0.949 bits per heavy atom. The number of hydrogen-bond acceptors (Lipinski definition) is 7. The van der Waals surface area contributed by atoms with E-state index in [1.54, 1.807) is 0 Å². The Morgan fingerprint density at radius 3 is 2.23 bits per heavy atom. The summed E-state index contributed by atoms with van der Waals surface area (Å²) in [6.45, 7) is 0. The topological polar surface area (TPSA) is 96.0 Å². The Hall–Kier alpha value is -4.63. The van der Waals surface area contributed by atoms with E-state index in [2.05, 4.69) is 19.2 Å². The zero-order chi connectivity index (χ0) is 31.6. The van der Waals surface area contributed by atoms with Gasteiger partial charge in [0.05, 0.1) is 23.8 Å². The summed E-state index contributed by atoms with van der Waals surface area (Å²) < 4.78 is 147. The molecule has 1 heterocycles. The predicted molar refractivity (Wildman–Crippen MR) is 115 cm³/mol. The molecule has 1 N–H and O–H groups in total. The summed E-state index contributed by atoms with van der Waals surface area (Å²) in [5.74, 6) is -12.1. The zero-order valence-electron chi connectivity index (χ0n) is 22.0. The van der Waals surface area contributed by atoms with Gasteiger partial charge in [-0.3, -0.25) is 4.79 Å². The minimum Gasteiger partial charge on any atom is -0.490 e. The van der Waals surface area contributed by atoms with E-state index in [1.165, 1.54) is 0 Å². The maximum absolute atomic E-state index is 15.2. The highest BCUT2D eigenvalue weighted by molar-refractivity contribution is 6.07. The molecule has 3 aromatic rings. The maximum atomic E-state index is 15.2. The van der Waals surface area contributed by atoms with Gasteiger partial charge in [-0.05, 0) is 36.4 Å². The number of pyridine rings is 1. The molecule has 3 rings (SSSR count). The fourth-order valence-corrected chi connectivity index (χ4v) is 3.01. The molecule has 16 heteroatoms. The van der Waals surface area contributed by atoms with Crippen LogP contribution in [0.2, 0.25) is 0 Å². The number of ether oxygens (including phenoxy) is 4. The van der Waals surface area contributed by atoms with Crippen LogP contribution in [0.4, 0.5) is 40.8 Å². The summed E-state index contributed by atoms with van der Waals surface area (Å²) in [5, 5.41) is 2.01. The summed E-state index contributed by atoms with van der Waals surface area (Å²) in [6, 6.07) is 3.29. The Labute approximate surface area is 217 Å². The molecule has 0 saturated carbocycles. The van der Waals surface area contributed by atoms with Crippen LogP contribution in [-0.2, 0) is 10.9 Å². The second-order valence-electron chi connectivity index (χ2n) is 7.13. The number of methoxy groups -OCH3 is 2. The third-order valence-corrected chi connectivity index (χ3v) is 4.62. The number of nitrogens with zero attached hydrogens (tertiary/aromatic N) is 1. The van der Waals surface area contributed by atoms with Crippen molar-refractivity contribution in [3.8, 4) is 23.0 Å². The van der Waals surface area contributed by atoms with E-state index in [1.807, 2.05) is 5.32 Å². The fourth-order valence-electron chi connectivity index (χ4n) is 3.01. The lowest BCUT2D eigenvalue weighted by molar-refractivity contribution is -0.275. The number of hydrogen-bond donors (Lipinski definition) is 1. The van der Waals surface area contributed by atoms with Gasteiger partial charge in [0.2, 0.25) is 11.6 Å². The third kappa shape index (κ3) is 6.63. The van der Waals surface area contributed by atoms with Gasteiger partial charge < -0.3 is 24.3 Å². The highest BCUT2D eigenvalue weighted by atomic mass is 19.4. The molecule has 0 bridgehead atoms. The quantitative estimate of drug-likeness (QED) is 0.271. The first-order chi connectivity index (χ1) is 19.3. The van der Waals surface area contributed by atoms with E-state index in [4.69, 9.17) is 8.85 Å². The first kappa shape index (κ1) is 24.7. The van der Waals surface area contributed by atoms with Crippen LogP contribution in [0.25, 0.3) is 0 Å². The number of rotatable bonds is 7. The van der Waals surface area contributed by atoms with Crippen molar-refractivity contribution in [3.05, 3.63) is 71.1 Å². The van der Waals surface area contributed by atoms with Gasteiger partial charge in [0, 0.05) is 11.9 Å². The lowest BCUT2D eigenvalue weighted by Crippen LogP contribution is -2.19. The molecule has 0 atom stereocenters. The number of esters is 1.